The second kappa shape index (κ2) is 8.99. The van der Waals surface area contributed by atoms with Gasteiger partial charge in [-0.3, -0.25) is 0 Å². The molecule has 0 unspecified atom stereocenters. The summed E-state index contributed by atoms with van der Waals surface area (Å²) in [4.78, 5) is -0.0650. The number of nitrogens with zero attached hydrogens (tertiary/aromatic N) is 4. The zero-order valence-electron chi connectivity index (χ0n) is 16.6. The Morgan fingerprint density at radius 1 is 1.09 bits per heavy atom. The van der Waals surface area contributed by atoms with E-state index in [1.165, 1.54) is 28.8 Å². The number of fused-ring (bicyclic) bond motifs is 1. The van der Waals surface area contributed by atoms with Gasteiger partial charge in [-0.05, 0) is 42.8 Å². The van der Waals surface area contributed by atoms with Crippen LogP contribution in [-0.2, 0) is 10.0 Å². The number of ether oxygens (including phenoxy) is 1. The Kier molecular flexibility index (Phi) is 6.29. The standard InChI is InChI=1S/C20H16Cl2FN5O3S/c1-12-9-17(16(22)11-15(12)21)32(29,30)24-7-8-31-19-6-5-18-25-26-20(28(18)27-19)13-3-2-4-14(23)10-13/h2-6,9-11,24H,7-8H2,1H3. The van der Waals surface area contributed by atoms with Crippen LogP contribution in [0.15, 0.2) is 53.4 Å². The van der Waals surface area contributed by atoms with Crippen LogP contribution < -0.4 is 9.46 Å². The number of aromatic nitrogens is 4. The van der Waals surface area contributed by atoms with Crippen molar-refractivity contribution < 1.29 is 17.5 Å². The smallest absolute Gasteiger partial charge is 0.242 e. The van der Waals surface area contributed by atoms with E-state index in [0.717, 1.165) is 0 Å². The first kappa shape index (κ1) is 22.4. The normalized spacial score (nSPS) is 11.8. The molecule has 8 nitrogen and oxygen atoms in total. The number of aryl methyl sites for hydroxylation is 1. The fourth-order valence-electron chi connectivity index (χ4n) is 2.90. The molecule has 2 aromatic heterocycles. The molecule has 1 N–H and O–H groups in total. The Hall–Kier alpha value is -2.79. The Morgan fingerprint density at radius 3 is 2.69 bits per heavy atom. The minimum Gasteiger partial charge on any atom is -0.475 e. The molecule has 0 aliphatic carbocycles. The van der Waals surface area contributed by atoms with Crippen LogP contribution in [0.4, 0.5) is 4.39 Å². The van der Waals surface area contributed by atoms with Gasteiger partial charge >= 0.3 is 0 Å². The molecular formula is C20H16Cl2FN5O3S. The molecule has 0 atom stereocenters. The number of sulfonamides is 1. The van der Waals surface area contributed by atoms with Gasteiger partial charge in [-0.2, -0.15) is 4.52 Å². The summed E-state index contributed by atoms with van der Waals surface area (Å²) in [5.74, 6) is 0.155. The van der Waals surface area contributed by atoms with Crippen LogP contribution in [0.5, 0.6) is 5.88 Å². The van der Waals surface area contributed by atoms with Crippen molar-refractivity contribution in [2.45, 2.75) is 11.8 Å². The van der Waals surface area contributed by atoms with Gasteiger partial charge in [0, 0.05) is 23.2 Å². The molecule has 12 heteroatoms. The minimum absolute atomic E-state index is 0.000643. The lowest BCUT2D eigenvalue weighted by Gasteiger charge is -2.11. The van der Waals surface area contributed by atoms with Gasteiger partial charge in [-0.25, -0.2) is 17.5 Å². The Labute approximate surface area is 193 Å². The van der Waals surface area contributed by atoms with E-state index in [0.29, 0.717) is 27.6 Å². The van der Waals surface area contributed by atoms with Crippen LogP contribution >= 0.6 is 23.2 Å². The van der Waals surface area contributed by atoms with E-state index in [-0.39, 0.29) is 28.9 Å². The summed E-state index contributed by atoms with van der Waals surface area (Å²) in [5, 5.41) is 12.8. The first-order valence-corrected chi connectivity index (χ1v) is 11.5. The van der Waals surface area contributed by atoms with Gasteiger partial charge in [0.2, 0.25) is 15.9 Å². The molecule has 2 heterocycles. The van der Waals surface area contributed by atoms with Crippen LogP contribution in [-0.4, -0.2) is 41.4 Å². The average Bonchev–Trinajstić information content (AvgIpc) is 3.17. The van der Waals surface area contributed by atoms with Gasteiger partial charge in [0.15, 0.2) is 11.5 Å². The number of benzene rings is 2. The van der Waals surface area contributed by atoms with Gasteiger partial charge in [-0.15, -0.1) is 15.3 Å². The first-order valence-electron chi connectivity index (χ1n) is 9.31. The molecule has 4 aromatic rings. The van der Waals surface area contributed by atoms with Crippen LogP contribution in [0.1, 0.15) is 5.56 Å². The van der Waals surface area contributed by atoms with E-state index < -0.39 is 15.8 Å². The van der Waals surface area contributed by atoms with Crippen LogP contribution in [0.25, 0.3) is 17.0 Å². The lowest BCUT2D eigenvalue weighted by atomic mass is 10.2. The van der Waals surface area contributed by atoms with Crippen molar-refractivity contribution in [2.24, 2.45) is 0 Å². The van der Waals surface area contributed by atoms with Crippen LogP contribution in [0.3, 0.4) is 0 Å². The van der Waals surface area contributed by atoms with E-state index in [2.05, 4.69) is 20.0 Å². The molecule has 4 rings (SSSR count). The molecule has 0 radical (unpaired) electrons. The molecule has 0 saturated heterocycles. The molecule has 0 fully saturated rings. The molecule has 2 aromatic carbocycles. The second-order valence-corrected chi connectivity index (χ2v) is 9.30. The maximum atomic E-state index is 13.6. The van der Waals surface area contributed by atoms with Gasteiger partial charge in [0.1, 0.15) is 17.3 Å². The summed E-state index contributed by atoms with van der Waals surface area (Å²) in [7, 11) is -3.86. The highest BCUT2D eigenvalue weighted by Crippen LogP contribution is 2.28. The quantitative estimate of drug-likeness (QED) is 0.390. The fourth-order valence-corrected chi connectivity index (χ4v) is 4.75. The second-order valence-electron chi connectivity index (χ2n) is 6.75. The first-order chi connectivity index (χ1) is 15.2. The predicted molar refractivity (Wildman–Crippen MR) is 118 cm³/mol. The Bertz CT molecular complexity index is 1410. The number of nitrogens with one attached hydrogen (secondary N) is 1. The van der Waals surface area contributed by atoms with Crippen molar-refractivity contribution in [3.05, 3.63) is 70.0 Å². The van der Waals surface area contributed by atoms with Crippen molar-refractivity contribution in [1.82, 2.24) is 24.5 Å². The van der Waals surface area contributed by atoms with Crippen LogP contribution in [0.2, 0.25) is 10.0 Å². The zero-order chi connectivity index (χ0) is 22.9. The molecule has 0 bridgehead atoms. The Balaban J connectivity index is 1.45. The fraction of sp³-hybridized carbons (Fsp3) is 0.150. The summed E-state index contributed by atoms with van der Waals surface area (Å²) in [6.07, 6.45) is 0. The number of halogens is 3. The summed E-state index contributed by atoms with van der Waals surface area (Å²) in [6.45, 7) is 1.66. The van der Waals surface area contributed by atoms with Gasteiger partial charge in [0.05, 0.1) is 5.02 Å². The molecule has 0 saturated carbocycles. The summed E-state index contributed by atoms with van der Waals surface area (Å²) < 4.78 is 48.0. The predicted octanol–water partition coefficient (Wildman–Crippen LogP) is 3.90. The molecule has 0 aliphatic heterocycles. The largest absolute Gasteiger partial charge is 0.475 e. The molecule has 0 amide bonds. The maximum Gasteiger partial charge on any atom is 0.242 e. The SMILES string of the molecule is Cc1cc(S(=O)(=O)NCCOc2ccc3nnc(-c4cccc(F)c4)n3n2)c(Cl)cc1Cl. The van der Waals surface area contributed by atoms with E-state index in [9.17, 15) is 12.8 Å². The highest BCUT2D eigenvalue weighted by atomic mass is 35.5. The van der Waals surface area contributed by atoms with Crippen molar-refractivity contribution in [2.75, 3.05) is 13.2 Å². The van der Waals surface area contributed by atoms with Gasteiger partial charge < -0.3 is 4.74 Å². The highest BCUT2D eigenvalue weighted by Gasteiger charge is 2.19. The van der Waals surface area contributed by atoms with Crippen molar-refractivity contribution in [3.8, 4) is 17.3 Å². The summed E-state index contributed by atoms with van der Waals surface area (Å²) >= 11 is 12.0. The zero-order valence-corrected chi connectivity index (χ0v) is 18.9. The van der Waals surface area contributed by atoms with E-state index >= 15 is 0 Å². The summed E-state index contributed by atoms with van der Waals surface area (Å²) in [5.41, 5.74) is 1.54. The number of hydrogen-bond donors (Lipinski definition) is 1. The van der Waals surface area contributed by atoms with Crippen molar-refractivity contribution >= 4 is 38.9 Å². The monoisotopic (exact) mass is 495 g/mol. The van der Waals surface area contributed by atoms with Crippen molar-refractivity contribution in [1.29, 1.82) is 0 Å². The highest BCUT2D eigenvalue weighted by molar-refractivity contribution is 7.89. The third-order valence-electron chi connectivity index (χ3n) is 4.47. The lowest BCUT2D eigenvalue weighted by molar-refractivity contribution is 0.306. The third-order valence-corrected chi connectivity index (χ3v) is 6.80. The number of hydrogen-bond acceptors (Lipinski definition) is 6. The van der Waals surface area contributed by atoms with E-state index in [1.807, 2.05) is 0 Å². The molecule has 32 heavy (non-hydrogen) atoms. The minimum atomic E-state index is -3.86. The van der Waals surface area contributed by atoms with E-state index in [4.69, 9.17) is 27.9 Å². The van der Waals surface area contributed by atoms with E-state index in [1.54, 1.807) is 31.2 Å². The third kappa shape index (κ3) is 4.68. The molecule has 0 aliphatic rings. The Morgan fingerprint density at radius 2 is 1.91 bits per heavy atom. The van der Waals surface area contributed by atoms with Crippen LogP contribution in [0, 0.1) is 12.7 Å². The average molecular weight is 496 g/mol. The van der Waals surface area contributed by atoms with Crippen molar-refractivity contribution in [3.63, 3.8) is 0 Å². The topological polar surface area (TPSA) is 98.5 Å². The molecule has 166 valence electrons. The molecular weight excluding hydrogens is 480 g/mol. The summed E-state index contributed by atoms with van der Waals surface area (Å²) in [6, 6.07) is 11.9. The lowest BCUT2D eigenvalue weighted by Crippen LogP contribution is -2.28. The number of rotatable bonds is 7. The molecule has 0 spiro atoms. The van der Waals surface area contributed by atoms with Gasteiger partial charge in [0.25, 0.3) is 0 Å². The van der Waals surface area contributed by atoms with Gasteiger partial charge in [-0.1, -0.05) is 35.3 Å². The maximum absolute atomic E-state index is 13.6.